The number of alkyl halides is 1. The smallest absolute Gasteiger partial charge is 0.340 e. The number of nitrogens with two attached hydrogens (primary N) is 1. The molecule has 16 heavy (non-hydrogen) atoms. The van der Waals surface area contributed by atoms with Crippen molar-refractivity contribution in [2.45, 2.75) is 0 Å². The second kappa shape index (κ2) is 5.72. The Labute approximate surface area is 103 Å². The van der Waals surface area contributed by atoms with Crippen molar-refractivity contribution in [3.63, 3.8) is 0 Å². The minimum absolute atomic E-state index is 0.0865. The van der Waals surface area contributed by atoms with E-state index in [0.29, 0.717) is 10.7 Å². The van der Waals surface area contributed by atoms with Crippen LogP contribution in [0.15, 0.2) is 23.2 Å². The SMILES string of the molecule is COC(=O)c1cc(Cl)ccc1N=C(N)CCl. The molecule has 0 amide bonds. The van der Waals surface area contributed by atoms with Crippen LogP contribution in [0.4, 0.5) is 5.69 Å². The zero-order chi connectivity index (χ0) is 12.1. The lowest BCUT2D eigenvalue weighted by Gasteiger charge is -2.04. The number of hydrogen-bond donors (Lipinski definition) is 1. The van der Waals surface area contributed by atoms with E-state index in [0.717, 1.165) is 0 Å². The topological polar surface area (TPSA) is 64.7 Å². The van der Waals surface area contributed by atoms with Crippen molar-refractivity contribution in [3.05, 3.63) is 28.8 Å². The first kappa shape index (κ1) is 12.8. The summed E-state index contributed by atoms with van der Waals surface area (Å²) in [5, 5.41) is 0.420. The predicted molar refractivity (Wildman–Crippen MR) is 64.8 cm³/mol. The van der Waals surface area contributed by atoms with E-state index < -0.39 is 5.97 Å². The summed E-state index contributed by atoms with van der Waals surface area (Å²) in [6, 6.07) is 4.65. The third-order valence-electron chi connectivity index (χ3n) is 1.76. The van der Waals surface area contributed by atoms with Gasteiger partial charge in [-0.1, -0.05) is 11.6 Å². The molecule has 0 aliphatic rings. The van der Waals surface area contributed by atoms with Gasteiger partial charge in [-0.3, -0.25) is 0 Å². The van der Waals surface area contributed by atoms with Gasteiger partial charge in [-0.15, -0.1) is 11.6 Å². The maximum absolute atomic E-state index is 11.4. The van der Waals surface area contributed by atoms with E-state index >= 15 is 0 Å². The van der Waals surface area contributed by atoms with Crippen LogP contribution in [0.3, 0.4) is 0 Å². The molecule has 0 atom stereocenters. The van der Waals surface area contributed by atoms with Gasteiger partial charge in [-0.05, 0) is 18.2 Å². The van der Waals surface area contributed by atoms with Gasteiger partial charge in [0.15, 0.2) is 0 Å². The average Bonchev–Trinajstić information content (AvgIpc) is 2.30. The van der Waals surface area contributed by atoms with Crippen LogP contribution in [-0.4, -0.2) is 24.8 Å². The van der Waals surface area contributed by atoms with Crippen LogP contribution in [-0.2, 0) is 4.74 Å². The standard InChI is InChI=1S/C10H10Cl2N2O2/c1-16-10(15)7-4-6(12)2-3-8(7)14-9(13)5-11/h2-4H,5H2,1H3,(H2,13,14). The number of rotatable bonds is 3. The number of hydrogen-bond acceptors (Lipinski definition) is 3. The number of methoxy groups -OCH3 is 1. The van der Waals surface area contributed by atoms with Crippen LogP contribution >= 0.6 is 23.2 Å². The summed E-state index contributed by atoms with van der Waals surface area (Å²) in [7, 11) is 1.28. The number of amidine groups is 1. The Balaban J connectivity index is 3.23. The second-order valence-electron chi connectivity index (χ2n) is 2.89. The summed E-state index contributed by atoms with van der Waals surface area (Å²) < 4.78 is 4.61. The number of esters is 1. The lowest BCUT2D eigenvalue weighted by atomic mass is 10.2. The fourth-order valence-corrected chi connectivity index (χ4v) is 1.30. The van der Waals surface area contributed by atoms with Crippen LogP contribution in [0.5, 0.6) is 0 Å². The third kappa shape index (κ3) is 3.12. The predicted octanol–water partition coefficient (Wildman–Crippen LogP) is 2.35. The van der Waals surface area contributed by atoms with Crippen molar-refractivity contribution in [2.24, 2.45) is 10.7 Å². The molecule has 2 N–H and O–H groups in total. The van der Waals surface area contributed by atoms with E-state index in [9.17, 15) is 4.79 Å². The highest BCUT2D eigenvalue weighted by Crippen LogP contribution is 2.24. The van der Waals surface area contributed by atoms with Gasteiger partial charge in [0.25, 0.3) is 0 Å². The van der Waals surface area contributed by atoms with E-state index in [1.165, 1.54) is 13.2 Å². The zero-order valence-corrected chi connectivity index (χ0v) is 10.0. The lowest BCUT2D eigenvalue weighted by molar-refractivity contribution is 0.0602. The van der Waals surface area contributed by atoms with Gasteiger partial charge in [0.05, 0.1) is 24.2 Å². The van der Waals surface area contributed by atoms with Gasteiger partial charge in [-0.25, -0.2) is 9.79 Å². The van der Waals surface area contributed by atoms with Crippen LogP contribution in [0.2, 0.25) is 5.02 Å². The maximum Gasteiger partial charge on any atom is 0.340 e. The highest BCUT2D eigenvalue weighted by Gasteiger charge is 2.12. The van der Waals surface area contributed by atoms with Gasteiger partial charge in [0.1, 0.15) is 5.84 Å². The first-order valence-electron chi connectivity index (χ1n) is 4.35. The van der Waals surface area contributed by atoms with Crippen molar-refractivity contribution < 1.29 is 9.53 Å². The Hall–Kier alpha value is -1.26. The lowest BCUT2D eigenvalue weighted by Crippen LogP contribution is -2.13. The number of carbonyl (C=O) groups excluding carboxylic acids is 1. The number of nitrogens with zero attached hydrogens (tertiary/aromatic N) is 1. The fourth-order valence-electron chi connectivity index (χ4n) is 1.06. The summed E-state index contributed by atoms with van der Waals surface area (Å²) in [6.07, 6.45) is 0. The minimum Gasteiger partial charge on any atom is -0.465 e. The Bertz CT molecular complexity index is 433. The fraction of sp³-hybridized carbons (Fsp3) is 0.200. The molecule has 6 heteroatoms. The third-order valence-corrected chi connectivity index (χ3v) is 2.27. The van der Waals surface area contributed by atoms with Crippen LogP contribution in [0, 0.1) is 0 Å². The molecule has 0 aromatic heterocycles. The van der Waals surface area contributed by atoms with E-state index in [1.807, 2.05) is 0 Å². The Morgan fingerprint density at radius 1 is 1.56 bits per heavy atom. The molecule has 0 bridgehead atoms. The molecule has 4 nitrogen and oxygen atoms in total. The molecule has 0 saturated carbocycles. The van der Waals surface area contributed by atoms with Crippen LogP contribution < -0.4 is 5.73 Å². The average molecular weight is 261 g/mol. The molecule has 86 valence electrons. The van der Waals surface area contributed by atoms with Gasteiger partial charge in [-0.2, -0.15) is 0 Å². The highest BCUT2D eigenvalue weighted by atomic mass is 35.5. The van der Waals surface area contributed by atoms with Crippen molar-refractivity contribution in [1.82, 2.24) is 0 Å². The minimum atomic E-state index is -0.524. The molecular weight excluding hydrogens is 251 g/mol. The molecule has 0 aliphatic heterocycles. The summed E-state index contributed by atoms with van der Waals surface area (Å²) in [5.74, 6) is -0.221. The number of carbonyl (C=O) groups is 1. The molecule has 0 fully saturated rings. The molecule has 0 unspecified atom stereocenters. The van der Waals surface area contributed by atoms with E-state index in [2.05, 4.69) is 9.73 Å². The van der Waals surface area contributed by atoms with Gasteiger partial charge >= 0.3 is 5.97 Å². The molecule has 1 rings (SSSR count). The number of aliphatic imine (C=N–C) groups is 1. The van der Waals surface area contributed by atoms with E-state index in [1.54, 1.807) is 12.1 Å². The van der Waals surface area contributed by atoms with Gasteiger partial charge in [0, 0.05) is 5.02 Å². The quantitative estimate of drug-likeness (QED) is 0.393. The first-order valence-corrected chi connectivity index (χ1v) is 5.26. The summed E-state index contributed by atoms with van der Waals surface area (Å²) in [6.45, 7) is 0. The summed E-state index contributed by atoms with van der Waals surface area (Å²) >= 11 is 11.3. The summed E-state index contributed by atoms with van der Waals surface area (Å²) in [4.78, 5) is 15.4. The Kier molecular flexibility index (Phi) is 4.58. The Morgan fingerprint density at radius 2 is 2.25 bits per heavy atom. The summed E-state index contributed by atoms with van der Waals surface area (Å²) in [5.41, 5.74) is 6.12. The van der Waals surface area contributed by atoms with Crippen molar-refractivity contribution in [2.75, 3.05) is 13.0 Å². The molecule has 0 saturated heterocycles. The number of halogens is 2. The molecule has 0 radical (unpaired) electrons. The molecule has 1 aromatic carbocycles. The molecule has 0 aliphatic carbocycles. The van der Waals surface area contributed by atoms with E-state index in [4.69, 9.17) is 28.9 Å². The van der Waals surface area contributed by atoms with Crippen molar-refractivity contribution in [3.8, 4) is 0 Å². The number of benzene rings is 1. The van der Waals surface area contributed by atoms with Gasteiger partial charge < -0.3 is 10.5 Å². The molecular formula is C10H10Cl2N2O2. The van der Waals surface area contributed by atoms with Crippen LogP contribution in [0.1, 0.15) is 10.4 Å². The monoisotopic (exact) mass is 260 g/mol. The van der Waals surface area contributed by atoms with Crippen molar-refractivity contribution >= 4 is 40.7 Å². The van der Waals surface area contributed by atoms with Gasteiger partial charge in [0.2, 0.25) is 0 Å². The van der Waals surface area contributed by atoms with Crippen molar-refractivity contribution in [1.29, 1.82) is 0 Å². The molecule has 0 spiro atoms. The van der Waals surface area contributed by atoms with Crippen LogP contribution in [0.25, 0.3) is 0 Å². The first-order chi connectivity index (χ1) is 7.58. The Morgan fingerprint density at radius 3 is 2.81 bits per heavy atom. The second-order valence-corrected chi connectivity index (χ2v) is 3.59. The molecule has 1 aromatic rings. The highest BCUT2D eigenvalue weighted by molar-refractivity contribution is 6.31. The zero-order valence-electron chi connectivity index (χ0n) is 8.54. The molecule has 0 heterocycles. The van der Waals surface area contributed by atoms with E-state index in [-0.39, 0.29) is 17.3 Å². The largest absolute Gasteiger partial charge is 0.465 e. The number of ether oxygens (including phenoxy) is 1. The normalized spacial score (nSPS) is 11.3. The maximum atomic E-state index is 11.4.